The number of fused-ring (bicyclic) bond motifs is 1. The third-order valence-electron chi connectivity index (χ3n) is 4.90. The highest BCUT2D eigenvalue weighted by Gasteiger charge is 2.31. The maximum atomic E-state index is 12.8. The summed E-state index contributed by atoms with van der Waals surface area (Å²) in [6, 6.07) is 17.9. The van der Waals surface area contributed by atoms with Crippen molar-refractivity contribution in [2.24, 2.45) is 0 Å². The first-order valence-electron chi connectivity index (χ1n) is 10.2. The standard InChI is InChI=1S/C24H20F3N3O3/c1-2-20-22(30-14-4-3-5-21(30)29-20)23(31)28-15-16-6-8-17(9-7-16)32-18-10-12-19(13-11-18)33-24(25,26)27/h3-14H,2,15H2,1H3,(H,28,31)/p+1. The van der Waals surface area contributed by atoms with Crippen molar-refractivity contribution >= 4 is 11.6 Å². The summed E-state index contributed by atoms with van der Waals surface area (Å²) in [6.45, 7) is 2.31. The Morgan fingerprint density at radius 2 is 1.61 bits per heavy atom. The molecular weight excluding hydrogens is 435 g/mol. The van der Waals surface area contributed by atoms with E-state index in [2.05, 4.69) is 15.0 Å². The fourth-order valence-electron chi connectivity index (χ4n) is 3.39. The zero-order valence-electron chi connectivity index (χ0n) is 17.6. The van der Waals surface area contributed by atoms with Crippen molar-refractivity contribution in [3.63, 3.8) is 0 Å². The van der Waals surface area contributed by atoms with Crippen molar-refractivity contribution in [2.45, 2.75) is 26.3 Å². The minimum absolute atomic E-state index is 0.184. The highest BCUT2D eigenvalue weighted by Crippen LogP contribution is 2.27. The number of halogens is 3. The van der Waals surface area contributed by atoms with Gasteiger partial charge in [-0.3, -0.25) is 4.79 Å². The number of aryl methyl sites for hydroxylation is 1. The zero-order chi connectivity index (χ0) is 23.4. The molecule has 0 spiro atoms. The Morgan fingerprint density at radius 3 is 2.24 bits per heavy atom. The van der Waals surface area contributed by atoms with Gasteiger partial charge < -0.3 is 14.8 Å². The van der Waals surface area contributed by atoms with Crippen LogP contribution in [-0.2, 0) is 13.0 Å². The van der Waals surface area contributed by atoms with Gasteiger partial charge in [0.25, 0.3) is 11.6 Å². The molecule has 4 rings (SSSR count). The number of aromatic amines is 1. The van der Waals surface area contributed by atoms with Gasteiger partial charge in [0.15, 0.2) is 5.69 Å². The van der Waals surface area contributed by atoms with Gasteiger partial charge in [0.05, 0.1) is 6.20 Å². The fraction of sp³-hybridized carbons (Fsp3) is 0.167. The van der Waals surface area contributed by atoms with Crippen LogP contribution >= 0.6 is 0 Å². The number of amides is 1. The van der Waals surface area contributed by atoms with Crippen LogP contribution in [0.3, 0.4) is 0 Å². The maximum absolute atomic E-state index is 12.8. The first kappa shape index (κ1) is 22.2. The summed E-state index contributed by atoms with van der Waals surface area (Å²) >= 11 is 0. The number of rotatable bonds is 7. The molecule has 0 radical (unpaired) electrons. The average molecular weight is 456 g/mol. The van der Waals surface area contributed by atoms with E-state index in [0.717, 1.165) is 16.9 Å². The summed E-state index contributed by atoms with van der Waals surface area (Å²) in [5, 5.41) is 2.94. The minimum atomic E-state index is -4.74. The van der Waals surface area contributed by atoms with Crippen molar-refractivity contribution < 1.29 is 31.8 Å². The van der Waals surface area contributed by atoms with E-state index in [1.807, 2.05) is 35.7 Å². The summed E-state index contributed by atoms with van der Waals surface area (Å²) in [5.74, 6) is 0.375. The molecule has 2 N–H and O–H groups in total. The van der Waals surface area contributed by atoms with Gasteiger partial charge in [0.2, 0.25) is 5.69 Å². The van der Waals surface area contributed by atoms with Crippen molar-refractivity contribution in [1.29, 1.82) is 0 Å². The maximum Gasteiger partial charge on any atom is 0.573 e. The summed E-state index contributed by atoms with van der Waals surface area (Å²) in [4.78, 5) is 16.1. The Balaban J connectivity index is 1.37. The Morgan fingerprint density at radius 1 is 0.970 bits per heavy atom. The molecule has 170 valence electrons. The van der Waals surface area contributed by atoms with Crippen LogP contribution in [0.25, 0.3) is 5.65 Å². The monoisotopic (exact) mass is 456 g/mol. The minimum Gasteiger partial charge on any atom is -0.457 e. The second kappa shape index (κ2) is 9.23. The number of imidazole rings is 1. The number of benzene rings is 2. The third kappa shape index (κ3) is 5.43. The molecule has 0 aliphatic carbocycles. The number of carbonyl (C=O) groups is 1. The lowest BCUT2D eigenvalue weighted by Gasteiger charge is -2.10. The molecular formula is C24H21F3N3O3+. The van der Waals surface area contributed by atoms with E-state index in [4.69, 9.17) is 4.74 Å². The van der Waals surface area contributed by atoms with E-state index in [-0.39, 0.29) is 11.7 Å². The molecule has 6 nitrogen and oxygen atoms in total. The van der Waals surface area contributed by atoms with Gasteiger partial charge in [0.1, 0.15) is 17.2 Å². The Hall–Kier alpha value is -4.01. The normalized spacial score (nSPS) is 11.4. The Kier molecular flexibility index (Phi) is 6.21. The van der Waals surface area contributed by atoms with E-state index in [9.17, 15) is 18.0 Å². The molecule has 0 unspecified atom stereocenters. The van der Waals surface area contributed by atoms with Gasteiger partial charge in [-0.25, -0.2) is 4.98 Å². The van der Waals surface area contributed by atoms with Crippen LogP contribution in [0, 0.1) is 0 Å². The first-order chi connectivity index (χ1) is 15.8. The number of H-pyrrole nitrogens is 1. The van der Waals surface area contributed by atoms with Crippen LogP contribution in [0.5, 0.6) is 17.2 Å². The number of ether oxygens (including phenoxy) is 2. The molecule has 0 saturated heterocycles. The van der Waals surface area contributed by atoms with Gasteiger partial charge in [-0.15, -0.1) is 13.2 Å². The van der Waals surface area contributed by atoms with Crippen LogP contribution in [0.2, 0.25) is 0 Å². The highest BCUT2D eigenvalue weighted by atomic mass is 19.4. The average Bonchev–Trinajstić information content (AvgIpc) is 3.17. The fourth-order valence-corrected chi connectivity index (χ4v) is 3.39. The zero-order valence-corrected chi connectivity index (χ0v) is 17.6. The molecule has 0 bridgehead atoms. The lowest BCUT2D eigenvalue weighted by atomic mass is 10.2. The topological polar surface area (TPSA) is 67.5 Å². The number of nitrogens with one attached hydrogen (secondary N) is 2. The number of aromatic nitrogens is 2. The number of hydrogen-bond acceptors (Lipinski definition) is 3. The molecule has 0 saturated carbocycles. The highest BCUT2D eigenvalue weighted by molar-refractivity contribution is 5.92. The molecule has 0 aliphatic heterocycles. The quantitative estimate of drug-likeness (QED) is 0.387. The molecule has 4 aromatic rings. The summed E-state index contributed by atoms with van der Waals surface area (Å²) in [7, 11) is 0. The van der Waals surface area contributed by atoms with Crippen LogP contribution in [0.15, 0.2) is 72.9 Å². The molecule has 33 heavy (non-hydrogen) atoms. The third-order valence-corrected chi connectivity index (χ3v) is 4.90. The summed E-state index contributed by atoms with van der Waals surface area (Å²) in [6.07, 6.45) is -2.20. The Bertz CT molecular complexity index is 1250. The molecule has 2 aromatic carbocycles. The molecule has 2 aromatic heterocycles. The van der Waals surface area contributed by atoms with Gasteiger partial charge in [-0.05, 0) is 48.0 Å². The smallest absolute Gasteiger partial charge is 0.457 e. The predicted octanol–water partition coefficient (Wildman–Crippen LogP) is 4.94. The molecule has 0 atom stereocenters. The second-order valence-corrected chi connectivity index (χ2v) is 7.21. The van der Waals surface area contributed by atoms with Gasteiger partial charge in [-0.1, -0.05) is 25.1 Å². The van der Waals surface area contributed by atoms with E-state index >= 15 is 0 Å². The van der Waals surface area contributed by atoms with Crippen molar-refractivity contribution in [3.8, 4) is 17.2 Å². The van der Waals surface area contributed by atoms with E-state index in [1.165, 1.54) is 24.3 Å². The van der Waals surface area contributed by atoms with Crippen LogP contribution in [-0.4, -0.2) is 17.3 Å². The molecule has 9 heteroatoms. The van der Waals surface area contributed by atoms with Crippen LogP contribution in [0.4, 0.5) is 13.2 Å². The largest absolute Gasteiger partial charge is 0.573 e. The predicted molar refractivity (Wildman–Crippen MR) is 114 cm³/mol. The van der Waals surface area contributed by atoms with E-state index in [1.54, 1.807) is 24.3 Å². The number of nitrogens with zero attached hydrogens (tertiary/aromatic N) is 1. The Labute approximate surface area is 187 Å². The summed E-state index contributed by atoms with van der Waals surface area (Å²) in [5.41, 5.74) is 3.15. The molecule has 2 heterocycles. The lowest BCUT2D eigenvalue weighted by Crippen LogP contribution is -2.34. The number of hydrogen-bond donors (Lipinski definition) is 2. The van der Waals surface area contributed by atoms with Gasteiger partial charge in [-0.2, -0.15) is 4.40 Å². The van der Waals surface area contributed by atoms with E-state index in [0.29, 0.717) is 30.2 Å². The number of alkyl halides is 3. The first-order valence-corrected chi connectivity index (χ1v) is 10.2. The number of carbonyl (C=O) groups excluding carboxylic acids is 1. The van der Waals surface area contributed by atoms with Crippen molar-refractivity contribution in [1.82, 2.24) is 10.3 Å². The van der Waals surface area contributed by atoms with Crippen LogP contribution in [0.1, 0.15) is 28.7 Å². The molecule has 0 fully saturated rings. The van der Waals surface area contributed by atoms with Crippen molar-refractivity contribution in [2.75, 3.05) is 0 Å². The molecule has 0 aliphatic rings. The van der Waals surface area contributed by atoms with Gasteiger partial charge in [0, 0.05) is 19.0 Å². The lowest BCUT2D eigenvalue weighted by molar-refractivity contribution is -0.513. The van der Waals surface area contributed by atoms with E-state index < -0.39 is 6.36 Å². The van der Waals surface area contributed by atoms with Gasteiger partial charge >= 0.3 is 6.36 Å². The SMILES string of the molecule is CCc1[nH]c2cccc[n+]2c1C(=O)NCc1ccc(Oc2ccc(OC(F)(F)F)cc2)cc1. The van der Waals surface area contributed by atoms with Crippen molar-refractivity contribution in [3.05, 3.63) is 89.9 Å². The van der Waals surface area contributed by atoms with Crippen LogP contribution < -0.4 is 19.2 Å². The second-order valence-electron chi connectivity index (χ2n) is 7.21. The molecule has 1 amide bonds. The number of pyridine rings is 1. The summed E-state index contributed by atoms with van der Waals surface area (Å²) < 4.78 is 48.1.